The van der Waals surface area contributed by atoms with E-state index in [-0.39, 0.29) is 18.9 Å². The third kappa shape index (κ3) is 6.20. The molecule has 0 atom stereocenters. The number of hydrogen-bond acceptors (Lipinski definition) is 4. The molecule has 1 heterocycles. The summed E-state index contributed by atoms with van der Waals surface area (Å²) >= 11 is 12.4. The van der Waals surface area contributed by atoms with Gasteiger partial charge in [-0.1, -0.05) is 53.0 Å². The Labute approximate surface area is 211 Å². The highest BCUT2D eigenvalue weighted by atomic mass is 35.5. The lowest BCUT2D eigenvalue weighted by molar-refractivity contribution is -0.136. The first kappa shape index (κ1) is 24.3. The van der Waals surface area contributed by atoms with Crippen molar-refractivity contribution in [3.05, 3.63) is 94.1 Å². The normalized spacial score (nSPS) is 10.7. The minimum atomic E-state index is -0.974. The number of halogens is 2. The lowest BCUT2D eigenvalue weighted by atomic mass is 10.1. The van der Waals surface area contributed by atoms with Crippen LogP contribution in [-0.2, 0) is 4.79 Å². The number of nitrogens with zero attached hydrogens (tertiary/aromatic N) is 2. The van der Waals surface area contributed by atoms with Crippen LogP contribution in [0.3, 0.4) is 0 Å². The van der Waals surface area contributed by atoms with Crippen LogP contribution in [0.4, 0.5) is 0 Å². The summed E-state index contributed by atoms with van der Waals surface area (Å²) in [6.07, 6.45) is 1.70. The maximum atomic E-state index is 12.2. The van der Waals surface area contributed by atoms with Crippen molar-refractivity contribution in [1.29, 1.82) is 0 Å². The molecule has 4 rings (SSSR count). The number of rotatable bonds is 8. The Morgan fingerprint density at radius 2 is 1.66 bits per heavy atom. The van der Waals surface area contributed by atoms with E-state index in [4.69, 9.17) is 33.0 Å². The SMILES string of the molecule is Cc1ccc(-c2cn(-c3cc(Cl)cc(Cl)c3)nc2Oc2ccc(C(=O)NCCC(=O)O)cc2)cc1. The molecular formula is C26H21Cl2N3O4. The molecule has 4 aromatic rings. The number of aromatic nitrogens is 2. The number of carboxylic acids is 1. The van der Waals surface area contributed by atoms with Crippen LogP contribution in [0.15, 0.2) is 72.9 Å². The highest BCUT2D eigenvalue weighted by Crippen LogP contribution is 2.34. The topological polar surface area (TPSA) is 93.5 Å². The van der Waals surface area contributed by atoms with Crippen molar-refractivity contribution in [2.75, 3.05) is 6.54 Å². The van der Waals surface area contributed by atoms with Crippen LogP contribution in [0, 0.1) is 6.92 Å². The van der Waals surface area contributed by atoms with E-state index < -0.39 is 5.97 Å². The molecule has 0 unspecified atom stereocenters. The monoisotopic (exact) mass is 509 g/mol. The van der Waals surface area contributed by atoms with Crippen LogP contribution in [0.5, 0.6) is 11.6 Å². The predicted molar refractivity (Wildman–Crippen MR) is 135 cm³/mol. The summed E-state index contributed by atoms with van der Waals surface area (Å²) in [5.74, 6) is -0.489. The number of ether oxygens (including phenoxy) is 1. The van der Waals surface area contributed by atoms with Crippen molar-refractivity contribution >= 4 is 35.1 Å². The highest BCUT2D eigenvalue weighted by Gasteiger charge is 2.16. The van der Waals surface area contributed by atoms with E-state index in [0.717, 1.165) is 16.7 Å². The smallest absolute Gasteiger partial charge is 0.305 e. The van der Waals surface area contributed by atoms with Gasteiger partial charge in [-0.25, -0.2) is 4.68 Å². The predicted octanol–water partition coefficient (Wildman–Crippen LogP) is 6.15. The fourth-order valence-electron chi connectivity index (χ4n) is 3.34. The number of amides is 1. The number of aryl methyl sites for hydroxylation is 1. The van der Waals surface area contributed by atoms with Gasteiger partial charge in [0.2, 0.25) is 5.88 Å². The molecule has 0 aliphatic heterocycles. The number of hydrogen-bond donors (Lipinski definition) is 2. The molecule has 0 aliphatic carbocycles. The molecule has 0 spiro atoms. The fraction of sp³-hybridized carbons (Fsp3) is 0.115. The average molecular weight is 510 g/mol. The second kappa shape index (κ2) is 10.6. The van der Waals surface area contributed by atoms with Crippen molar-refractivity contribution in [2.45, 2.75) is 13.3 Å². The van der Waals surface area contributed by atoms with Crippen molar-refractivity contribution in [2.24, 2.45) is 0 Å². The highest BCUT2D eigenvalue weighted by molar-refractivity contribution is 6.34. The number of carbonyl (C=O) groups is 2. The summed E-state index contributed by atoms with van der Waals surface area (Å²) in [4.78, 5) is 22.8. The van der Waals surface area contributed by atoms with Crippen molar-refractivity contribution in [3.63, 3.8) is 0 Å². The molecule has 2 N–H and O–H groups in total. The van der Waals surface area contributed by atoms with E-state index in [1.807, 2.05) is 37.4 Å². The van der Waals surface area contributed by atoms with Gasteiger partial charge in [-0.2, -0.15) is 0 Å². The first-order chi connectivity index (χ1) is 16.8. The molecule has 7 nitrogen and oxygen atoms in total. The van der Waals surface area contributed by atoms with Gasteiger partial charge in [-0.05, 0) is 55.0 Å². The van der Waals surface area contributed by atoms with Crippen LogP contribution in [-0.4, -0.2) is 33.3 Å². The van der Waals surface area contributed by atoms with Crippen LogP contribution in [0.1, 0.15) is 22.3 Å². The average Bonchev–Trinajstić information content (AvgIpc) is 3.23. The van der Waals surface area contributed by atoms with Gasteiger partial charge in [0.25, 0.3) is 5.91 Å². The molecule has 9 heteroatoms. The van der Waals surface area contributed by atoms with Gasteiger partial charge in [0.1, 0.15) is 5.75 Å². The number of benzene rings is 3. The lowest BCUT2D eigenvalue weighted by Gasteiger charge is -2.07. The van der Waals surface area contributed by atoms with E-state index >= 15 is 0 Å². The van der Waals surface area contributed by atoms with E-state index in [1.165, 1.54) is 0 Å². The van der Waals surface area contributed by atoms with Gasteiger partial charge >= 0.3 is 5.97 Å². The van der Waals surface area contributed by atoms with Crippen LogP contribution >= 0.6 is 23.2 Å². The Kier molecular flexibility index (Phi) is 7.39. The van der Waals surface area contributed by atoms with Gasteiger partial charge in [0.15, 0.2) is 0 Å². The lowest BCUT2D eigenvalue weighted by Crippen LogP contribution is -2.25. The van der Waals surface area contributed by atoms with Crippen molar-refractivity contribution in [3.8, 4) is 28.4 Å². The third-order valence-corrected chi connectivity index (χ3v) is 5.55. The van der Waals surface area contributed by atoms with E-state index in [1.54, 1.807) is 47.1 Å². The summed E-state index contributed by atoms with van der Waals surface area (Å²) < 4.78 is 7.74. The van der Waals surface area contributed by atoms with Gasteiger partial charge in [0.05, 0.1) is 17.7 Å². The fourth-order valence-corrected chi connectivity index (χ4v) is 3.85. The molecule has 0 saturated carbocycles. The van der Waals surface area contributed by atoms with Crippen LogP contribution in [0.2, 0.25) is 10.0 Å². The summed E-state index contributed by atoms with van der Waals surface area (Å²) in [5, 5.41) is 16.9. The van der Waals surface area contributed by atoms with Gasteiger partial charge in [-0.3, -0.25) is 9.59 Å². The molecular weight excluding hydrogens is 489 g/mol. The van der Waals surface area contributed by atoms with Gasteiger partial charge < -0.3 is 15.2 Å². The molecule has 0 fully saturated rings. The van der Waals surface area contributed by atoms with Gasteiger partial charge in [0, 0.05) is 28.4 Å². The number of carbonyl (C=O) groups excluding carboxylic acids is 1. The Morgan fingerprint density at radius 1 is 1.00 bits per heavy atom. The maximum absolute atomic E-state index is 12.2. The standard InChI is InChI=1S/C26H21Cl2N3O4/c1-16-2-4-17(5-3-16)23-15-31(21-13-19(27)12-20(28)14-21)30-26(23)35-22-8-6-18(7-9-22)25(34)29-11-10-24(32)33/h2-9,12-15H,10-11H2,1H3,(H,29,34)(H,32,33). The molecule has 3 aromatic carbocycles. The summed E-state index contributed by atoms with van der Waals surface area (Å²) in [6, 6.07) is 19.6. The molecule has 178 valence electrons. The zero-order chi connectivity index (χ0) is 24.9. The number of carboxylic acid groups (broad SMARTS) is 1. The quantitative estimate of drug-likeness (QED) is 0.297. The van der Waals surface area contributed by atoms with Crippen LogP contribution < -0.4 is 10.1 Å². The zero-order valence-corrected chi connectivity index (χ0v) is 20.2. The second-order valence-corrected chi connectivity index (χ2v) is 8.69. The van der Waals surface area contributed by atoms with Crippen molar-refractivity contribution < 1.29 is 19.4 Å². The first-order valence-corrected chi connectivity index (χ1v) is 11.4. The molecule has 1 aromatic heterocycles. The molecule has 0 saturated heterocycles. The Balaban J connectivity index is 1.62. The first-order valence-electron chi connectivity index (χ1n) is 10.7. The van der Waals surface area contributed by atoms with E-state index in [0.29, 0.717) is 32.9 Å². The largest absolute Gasteiger partial charge is 0.481 e. The summed E-state index contributed by atoms with van der Waals surface area (Å²) in [6.45, 7) is 2.06. The zero-order valence-electron chi connectivity index (χ0n) is 18.7. The molecule has 0 bridgehead atoms. The van der Waals surface area contributed by atoms with Crippen LogP contribution in [0.25, 0.3) is 16.8 Å². The minimum Gasteiger partial charge on any atom is -0.481 e. The maximum Gasteiger partial charge on any atom is 0.305 e. The number of nitrogens with one attached hydrogen (secondary N) is 1. The van der Waals surface area contributed by atoms with Crippen molar-refractivity contribution in [1.82, 2.24) is 15.1 Å². The second-order valence-electron chi connectivity index (χ2n) is 7.81. The Hall–Kier alpha value is -3.81. The molecule has 0 radical (unpaired) electrons. The van der Waals surface area contributed by atoms with E-state index in [9.17, 15) is 9.59 Å². The molecule has 1 amide bonds. The molecule has 0 aliphatic rings. The summed E-state index contributed by atoms with van der Waals surface area (Å²) in [5.41, 5.74) is 3.87. The van der Waals surface area contributed by atoms with E-state index in [2.05, 4.69) is 10.4 Å². The Bertz CT molecular complexity index is 1350. The molecule has 35 heavy (non-hydrogen) atoms. The minimum absolute atomic E-state index is 0.0529. The third-order valence-electron chi connectivity index (χ3n) is 5.11. The number of aliphatic carboxylic acids is 1. The summed E-state index contributed by atoms with van der Waals surface area (Å²) in [7, 11) is 0. The Morgan fingerprint density at radius 3 is 2.29 bits per heavy atom. The van der Waals surface area contributed by atoms with Gasteiger partial charge in [-0.15, -0.1) is 5.10 Å².